The van der Waals surface area contributed by atoms with E-state index in [-0.39, 0.29) is 18.3 Å². The van der Waals surface area contributed by atoms with Gasteiger partial charge in [-0.05, 0) is 13.8 Å². The summed E-state index contributed by atoms with van der Waals surface area (Å²) in [5.74, 6) is 0.538. The van der Waals surface area contributed by atoms with Gasteiger partial charge in [0.05, 0.1) is 29.7 Å². The van der Waals surface area contributed by atoms with Crippen LogP contribution in [0.2, 0.25) is 0 Å². The van der Waals surface area contributed by atoms with Gasteiger partial charge >= 0.3 is 0 Å². The molecule has 0 aromatic carbocycles. The lowest BCUT2D eigenvalue weighted by molar-refractivity contribution is -0.133. The number of thioether (sulfide) groups is 1. The van der Waals surface area contributed by atoms with E-state index in [9.17, 15) is 4.79 Å². The van der Waals surface area contributed by atoms with Crippen molar-refractivity contribution in [2.24, 2.45) is 0 Å². The van der Waals surface area contributed by atoms with Crippen LogP contribution >= 0.6 is 11.8 Å². The number of likely N-dealkylation sites (N-methyl/N-ethyl adjacent to an activating group) is 1. The van der Waals surface area contributed by atoms with E-state index >= 15 is 0 Å². The maximum atomic E-state index is 11.5. The predicted octanol–water partition coefficient (Wildman–Crippen LogP) is 0.472. The number of amides is 1. The van der Waals surface area contributed by atoms with Crippen molar-refractivity contribution >= 4 is 17.7 Å². The number of carbonyl (C=O) groups excluding carboxylic acids is 1. The molecule has 0 heterocycles. The third kappa shape index (κ3) is 3.99. The molecule has 4 nitrogen and oxygen atoms in total. The molecule has 0 aromatic rings. The molecule has 0 unspecified atom stereocenters. The van der Waals surface area contributed by atoms with Gasteiger partial charge in [-0.15, -0.1) is 11.8 Å². The molecule has 14 heavy (non-hydrogen) atoms. The summed E-state index contributed by atoms with van der Waals surface area (Å²) in [6, 6.07) is 1.96. The Hall–Kier alpha value is -0.730. The molecule has 5 heteroatoms. The summed E-state index contributed by atoms with van der Waals surface area (Å²) in [5.41, 5.74) is -0.537. The molecule has 0 bridgehead atoms. The van der Waals surface area contributed by atoms with Crippen molar-refractivity contribution in [2.75, 3.05) is 25.2 Å². The van der Waals surface area contributed by atoms with Gasteiger partial charge in [0.1, 0.15) is 0 Å². The highest BCUT2D eigenvalue weighted by molar-refractivity contribution is 8.00. The molecule has 0 spiro atoms. The Balaban J connectivity index is 4.07. The Morgan fingerprint density at radius 3 is 2.64 bits per heavy atom. The van der Waals surface area contributed by atoms with Crippen LogP contribution in [0.25, 0.3) is 0 Å². The Kier molecular flexibility index (Phi) is 5.58. The van der Waals surface area contributed by atoms with Crippen molar-refractivity contribution in [1.82, 2.24) is 4.90 Å². The fourth-order valence-electron chi connectivity index (χ4n) is 0.724. The lowest BCUT2D eigenvalue weighted by Gasteiger charge is -2.33. The number of carbonyl (C=O) groups is 1. The molecule has 1 amide bonds. The minimum atomic E-state index is -0.537. The fourth-order valence-corrected chi connectivity index (χ4v) is 1.29. The largest absolute Gasteiger partial charge is 0.394 e. The minimum Gasteiger partial charge on any atom is -0.394 e. The number of hydrogen-bond acceptors (Lipinski definition) is 4. The third-order valence-corrected chi connectivity index (χ3v) is 2.85. The molecule has 0 fully saturated rings. The van der Waals surface area contributed by atoms with Gasteiger partial charge in [0.25, 0.3) is 0 Å². The second-order valence-electron chi connectivity index (χ2n) is 3.57. The highest BCUT2D eigenvalue weighted by Gasteiger charge is 2.26. The normalized spacial score (nSPS) is 10.8. The fraction of sp³-hybridized carbons (Fsp3) is 0.778. The van der Waals surface area contributed by atoms with E-state index in [0.717, 1.165) is 0 Å². The Morgan fingerprint density at radius 1 is 1.64 bits per heavy atom. The van der Waals surface area contributed by atoms with Crippen molar-refractivity contribution in [1.29, 1.82) is 5.26 Å². The third-order valence-electron chi connectivity index (χ3n) is 2.06. The van der Waals surface area contributed by atoms with Crippen molar-refractivity contribution in [3.8, 4) is 6.07 Å². The lowest BCUT2D eigenvalue weighted by atomic mass is 10.1. The van der Waals surface area contributed by atoms with Crippen molar-refractivity contribution < 1.29 is 9.90 Å². The van der Waals surface area contributed by atoms with Gasteiger partial charge in [-0.2, -0.15) is 5.26 Å². The molecule has 0 aliphatic rings. The van der Waals surface area contributed by atoms with Crippen LogP contribution in [-0.4, -0.2) is 46.6 Å². The summed E-state index contributed by atoms with van der Waals surface area (Å²) in [5, 5.41) is 17.3. The highest BCUT2D eigenvalue weighted by atomic mass is 32.2. The average molecular weight is 216 g/mol. The van der Waals surface area contributed by atoms with Gasteiger partial charge in [-0.25, -0.2) is 0 Å². The number of aliphatic hydroxyl groups excluding tert-OH is 1. The number of nitriles is 1. The molecule has 80 valence electrons. The molecular formula is C9H16N2O2S. The Bertz CT molecular complexity index is 235. The molecule has 0 atom stereocenters. The van der Waals surface area contributed by atoms with Gasteiger partial charge in [-0.1, -0.05) is 0 Å². The molecule has 0 aliphatic carbocycles. The SMILES string of the molecule is CN(C(=O)CSCC#N)C(C)(C)CO. The molecule has 0 radical (unpaired) electrons. The van der Waals surface area contributed by atoms with E-state index in [2.05, 4.69) is 0 Å². The van der Waals surface area contributed by atoms with Gasteiger partial charge in [0.15, 0.2) is 0 Å². The summed E-state index contributed by atoms with van der Waals surface area (Å²) >= 11 is 1.28. The summed E-state index contributed by atoms with van der Waals surface area (Å²) in [4.78, 5) is 13.0. The van der Waals surface area contributed by atoms with Gasteiger partial charge in [-0.3, -0.25) is 4.79 Å². The van der Waals surface area contributed by atoms with E-state index < -0.39 is 5.54 Å². The molecule has 0 aliphatic heterocycles. The van der Waals surface area contributed by atoms with Crippen LogP contribution in [0.4, 0.5) is 0 Å². The van der Waals surface area contributed by atoms with Crippen molar-refractivity contribution in [3.63, 3.8) is 0 Å². The Morgan fingerprint density at radius 2 is 2.21 bits per heavy atom. The summed E-state index contributed by atoms with van der Waals surface area (Å²) in [6.45, 7) is 3.51. The van der Waals surface area contributed by atoms with E-state index in [1.54, 1.807) is 20.9 Å². The summed E-state index contributed by atoms with van der Waals surface area (Å²) < 4.78 is 0. The van der Waals surface area contributed by atoms with Crippen LogP contribution in [0.15, 0.2) is 0 Å². The molecule has 1 N–H and O–H groups in total. The number of hydrogen-bond donors (Lipinski definition) is 1. The molecule has 0 rings (SSSR count). The quantitative estimate of drug-likeness (QED) is 0.679. The van der Waals surface area contributed by atoms with Gasteiger partial charge < -0.3 is 10.0 Å². The highest BCUT2D eigenvalue weighted by Crippen LogP contribution is 2.13. The van der Waals surface area contributed by atoms with E-state index in [1.807, 2.05) is 6.07 Å². The molecule has 0 saturated heterocycles. The maximum absolute atomic E-state index is 11.5. The number of nitrogens with zero attached hydrogens (tertiary/aromatic N) is 2. The average Bonchev–Trinajstić information content (AvgIpc) is 2.17. The van der Waals surface area contributed by atoms with Crippen LogP contribution in [0.3, 0.4) is 0 Å². The van der Waals surface area contributed by atoms with E-state index in [4.69, 9.17) is 10.4 Å². The lowest BCUT2D eigenvalue weighted by Crippen LogP contribution is -2.48. The number of rotatable bonds is 5. The smallest absolute Gasteiger partial charge is 0.232 e. The minimum absolute atomic E-state index is 0.0655. The van der Waals surface area contributed by atoms with Crippen LogP contribution in [0, 0.1) is 11.3 Å². The van der Waals surface area contributed by atoms with Gasteiger partial charge in [0.2, 0.25) is 5.91 Å². The monoisotopic (exact) mass is 216 g/mol. The first-order valence-electron chi connectivity index (χ1n) is 4.28. The molecule has 0 aromatic heterocycles. The van der Waals surface area contributed by atoms with E-state index in [1.165, 1.54) is 16.7 Å². The zero-order valence-electron chi connectivity index (χ0n) is 8.78. The first-order valence-corrected chi connectivity index (χ1v) is 5.43. The second-order valence-corrected chi connectivity index (χ2v) is 4.56. The first kappa shape index (κ1) is 13.3. The zero-order valence-corrected chi connectivity index (χ0v) is 9.60. The van der Waals surface area contributed by atoms with Crippen LogP contribution in [0.1, 0.15) is 13.8 Å². The zero-order chi connectivity index (χ0) is 11.2. The van der Waals surface area contributed by atoms with Crippen LogP contribution in [-0.2, 0) is 4.79 Å². The summed E-state index contributed by atoms with van der Waals surface area (Å²) in [7, 11) is 1.66. The molecular weight excluding hydrogens is 200 g/mol. The Labute approximate surface area is 88.9 Å². The van der Waals surface area contributed by atoms with Crippen LogP contribution in [0.5, 0.6) is 0 Å². The number of aliphatic hydroxyl groups is 1. The van der Waals surface area contributed by atoms with Crippen molar-refractivity contribution in [2.45, 2.75) is 19.4 Å². The molecule has 0 saturated carbocycles. The first-order chi connectivity index (χ1) is 6.45. The maximum Gasteiger partial charge on any atom is 0.232 e. The second kappa shape index (κ2) is 5.89. The topological polar surface area (TPSA) is 64.3 Å². The van der Waals surface area contributed by atoms with Crippen LogP contribution < -0.4 is 0 Å². The van der Waals surface area contributed by atoms with Gasteiger partial charge in [0, 0.05) is 7.05 Å². The van der Waals surface area contributed by atoms with Crippen molar-refractivity contribution in [3.05, 3.63) is 0 Å². The summed E-state index contributed by atoms with van der Waals surface area (Å²) in [6.07, 6.45) is 0. The predicted molar refractivity (Wildman–Crippen MR) is 56.9 cm³/mol. The van der Waals surface area contributed by atoms with E-state index in [0.29, 0.717) is 5.75 Å². The standard InChI is InChI=1S/C9H16N2O2S/c1-9(2,7-12)11(3)8(13)6-14-5-4-10/h12H,5-7H2,1-3H3.